The van der Waals surface area contributed by atoms with Crippen LogP contribution in [-0.4, -0.2) is 43.8 Å². The van der Waals surface area contributed by atoms with Crippen LogP contribution in [0.2, 0.25) is 0 Å². The molecule has 1 saturated heterocycles. The molecule has 0 spiro atoms. The zero-order valence-electron chi connectivity index (χ0n) is 16.1. The van der Waals surface area contributed by atoms with Gasteiger partial charge in [0.1, 0.15) is 5.75 Å². The number of anilines is 1. The third-order valence-corrected chi connectivity index (χ3v) is 7.95. The monoisotopic (exact) mass is 431 g/mol. The Morgan fingerprint density at radius 3 is 2.86 bits per heavy atom. The molecule has 0 bridgehead atoms. The molecule has 3 aromatic rings. The lowest BCUT2D eigenvalue weighted by Crippen LogP contribution is -2.32. The maximum atomic E-state index is 13.0. The second-order valence-electron chi connectivity index (χ2n) is 7.00. The Morgan fingerprint density at radius 2 is 2.10 bits per heavy atom. The van der Waals surface area contributed by atoms with Crippen molar-refractivity contribution < 1.29 is 17.9 Å². The largest absolute Gasteiger partial charge is 0.497 e. The fourth-order valence-electron chi connectivity index (χ4n) is 3.52. The first-order chi connectivity index (χ1) is 13.9. The summed E-state index contributed by atoms with van der Waals surface area (Å²) in [5.74, 6) is 0.0374. The van der Waals surface area contributed by atoms with E-state index in [9.17, 15) is 13.2 Å². The normalized spacial score (nSPS) is 17.5. The van der Waals surface area contributed by atoms with Gasteiger partial charge in [-0.25, -0.2) is 13.4 Å². The predicted molar refractivity (Wildman–Crippen MR) is 113 cm³/mol. The van der Waals surface area contributed by atoms with Crippen LogP contribution >= 0.6 is 11.3 Å². The number of aromatic nitrogens is 1. The Labute approximate surface area is 173 Å². The molecule has 1 fully saturated rings. The molecule has 29 heavy (non-hydrogen) atoms. The van der Waals surface area contributed by atoms with E-state index in [1.54, 1.807) is 37.7 Å². The van der Waals surface area contributed by atoms with Gasteiger partial charge in [0.25, 0.3) is 0 Å². The smallest absolute Gasteiger partial charge is 0.243 e. The number of nitrogens with zero attached hydrogens (tertiary/aromatic N) is 2. The summed E-state index contributed by atoms with van der Waals surface area (Å²) in [6, 6.07) is 10.5. The van der Waals surface area contributed by atoms with E-state index in [1.165, 1.54) is 15.6 Å². The molecule has 1 atom stereocenters. The third kappa shape index (κ3) is 3.85. The molecule has 0 radical (unpaired) electrons. The first-order valence-electron chi connectivity index (χ1n) is 9.17. The van der Waals surface area contributed by atoms with Crippen molar-refractivity contribution in [3.63, 3.8) is 0 Å². The minimum absolute atomic E-state index is 0.165. The van der Waals surface area contributed by atoms with Crippen LogP contribution in [0.3, 0.4) is 0 Å². The van der Waals surface area contributed by atoms with Crippen molar-refractivity contribution in [2.24, 2.45) is 5.92 Å². The van der Waals surface area contributed by atoms with Gasteiger partial charge in [0.05, 0.1) is 33.7 Å². The lowest BCUT2D eigenvalue weighted by atomic mass is 10.1. The van der Waals surface area contributed by atoms with E-state index in [-0.39, 0.29) is 17.3 Å². The molecule has 2 aromatic carbocycles. The molecule has 1 aromatic heterocycles. The average Bonchev–Trinajstić information content (AvgIpc) is 3.37. The Bertz CT molecular complexity index is 1170. The van der Waals surface area contributed by atoms with Crippen LogP contribution in [0.4, 0.5) is 5.69 Å². The van der Waals surface area contributed by atoms with Crippen molar-refractivity contribution >= 4 is 43.2 Å². The fourth-order valence-corrected chi connectivity index (χ4v) is 5.88. The number of rotatable bonds is 5. The number of nitrogens with one attached hydrogen (secondary N) is 1. The molecule has 4 rings (SSSR count). The highest BCUT2D eigenvalue weighted by Crippen LogP contribution is 2.29. The van der Waals surface area contributed by atoms with Crippen LogP contribution in [0.25, 0.3) is 10.2 Å². The molecule has 0 saturated carbocycles. The van der Waals surface area contributed by atoms with Gasteiger partial charge in [0.2, 0.25) is 15.9 Å². The zero-order valence-corrected chi connectivity index (χ0v) is 17.7. The van der Waals surface area contributed by atoms with E-state index in [4.69, 9.17) is 4.74 Å². The predicted octanol–water partition coefficient (Wildman–Crippen LogP) is 3.26. The van der Waals surface area contributed by atoms with Gasteiger partial charge in [-0.05, 0) is 55.3 Å². The second kappa shape index (κ2) is 7.74. The highest BCUT2D eigenvalue weighted by molar-refractivity contribution is 7.89. The molecule has 1 aliphatic heterocycles. The summed E-state index contributed by atoms with van der Waals surface area (Å²) in [6.07, 6.45) is 0.485. The van der Waals surface area contributed by atoms with Crippen LogP contribution in [0.15, 0.2) is 46.8 Å². The highest BCUT2D eigenvalue weighted by atomic mass is 32.2. The van der Waals surface area contributed by atoms with E-state index in [0.29, 0.717) is 30.0 Å². The van der Waals surface area contributed by atoms with Crippen molar-refractivity contribution in [3.8, 4) is 5.75 Å². The number of hydrogen-bond donors (Lipinski definition) is 1. The standard InChI is InChI=1S/C20H21N3O4S2/c1-13-9-16(27-2)4-6-19(13)29(25,26)23-8-7-14(11-23)20(24)22-15-3-5-18-17(10-15)21-12-28-18/h3-6,9-10,12,14H,7-8,11H2,1-2H3,(H,22,24)/t14-/m1/s1. The van der Waals surface area contributed by atoms with E-state index in [1.807, 2.05) is 18.2 Å². The minimum Gasteiger partial charge on any atom is -0.497 e. The molecular weight excluding hydrogens is 410 g/mol. The maximum absolute atomic E-state index is 13.0. The van der Waals surface area contributed by atoms with Crippen LogP contribution < -0.4 is 10.1 Å². The fraction of sp³-hybridized carbons (Fsp3) is 0.300. The zero-order chi connectivity index (χ0) is 20.6. The summed E-state index contributed by atoms with van der Waals surface area (Å²) in [6.45, 7) is 2.22. The SMILES string of the molecule is COc1ccc(S(=O)(=O)N2CC[C@@H](C(=O)Nc3ccc4scnc4c3)C2)c(C)c1. The lowest BCUT2D eigenvalue weighted by molar-refractivity contribution is -0.119. The summed E-state index contributed by atoms with van der Waals surface area (Å²) in [4.78, 5) is 17.2. The maximum Gasteiger partial charge on any atom is 0.243 e. The summed E-state index contributed by atoms with van der Waals surface area (Å²) in [5, 5.41) is 2.89. The number of fused-ring (bicyclic) bond motifs is 1. The molecule has 9 heteroatoms. The Morgan fingerprint density at radius 1 is 1.28 bits per heavy atom. The Hall–Kier alpha value is -2.49. The van der Waals surface area contributed by atoms with Gasteiger partial charge in [0.15, 0.2) is 0 Å². The molecule has 1 aliphatic rings. The van der Waals surface area contributed by atoms with E-state index in [0.717, 1.165) is 10.2 Å². The number of carbonyl (C=O) groups is 1. The van der Waals surface area contributed by atoms with Crippen molar-refractivity contribution in [2.75, 3.05) is 25.5 Å². The molecule has 2 heterocycles. The molecule has 7 nitrogen and oxygen atoms in total. The van der Waals surface area contributed by atoms with Gasteiger partial charge < -0.3 is 10.1 Å². The topological polar surface area (TPSA) is 88.6 Å². The van der Waals surface area contributed by atoms with Gasteiger partial charge in [-0.1, -0.05) is 0 Å². The van der Waals surface area contributed by atoms with Crippen LogP contribution in [-0.2, 0) is 14.8 Å². The molecule has 1 amide bonds. The van der Waals surface area contributed by atoms with Crippen LogP contribution in [0.5, 0.6) is 5.75 Å². The Kier molecular flexibility index (Phi) is 5.28. The Balaban J connectivity index is 1.47. The van der Waals surface area contributed by atoms with Crippen LogP contribution in [0.1, 0.15) is 12.0 Å². The molecular formula is C20H21N3O4S2. The number of sulfonamides is 1. The van der Waals surface area contributed by atoms with Gasteiger partial charge >= 0.3 is 0 Å². The molecule has 0 unspecified atom stereocenters. The number of ether oxygens (including phenoxy) is 1. The quantitative estimate of drug-likeness (QED) is 0.670. The average molecular weight is 432 g/mol. The third-order valence-electron chi connectivity index (χ3n) is 5.12. The number of thiazole rings is 1. The molecule has 1 N–H and O–H groups in total. The van der Waals surface area contributed by atoms with Crippen molar-refractivity contribution in [1.82, 2.24) is 9.29 Å². The number of carbonyl (C=O) groups excluding carboxylic acids is 1. The highest BCUT2D eigenvalue weighted by Gasteiger charge is 2.36. The van der Waals surface area contributed by atoms with E-state index < -0.39 is 15.9 Å². The summed E-state index contributed by atoms with van der Waals surface area (Å²) in [7, 11) is -2.13. The summed E-state index contributed by atoms with van der Waals surface area (Å²) < 4.78 is 33.7. The van der Waals surface area contributed by atoms with Crippen molar-refractivity contribution in [3.05, 3.63) is 47.5 Å². The number of amides is 1. The van der Waals surface area contributed by atoms with Gasteiger partial charge in [-0.15, -0.1) is 11.3 Å². The number of aryl methyl sites for hydroxylation is 1. The van der Waals surface area contributed by atoms with E-state index >= 15 is 0 Å². The van der Waals surface area contributed by atoms with Gasteiger partial charge in [0, 0.05) is 18.8 Å². The van der Waals surface area contributed by atoms with Crippen molar-refractivity contribution in [1.29, 1.82) is 0 Å². The minimum atomic E-state index is -3.67. The second-order valence-corrected chi connectivity index (χ2v) is 9.80. The number of hydrogen-bond acceptors (Lipinski definition) is 6. The first-order valence-corrected chi connectivity index (χ1v) is 11.5. The lowest BCUT2D eigenvalue weighted by Gasteiger charge is -2.18. The number of benzene rings is 2. The molecule has 0 aliphatic carbocycles. The van der Waals surface area contributed by atoms with Crippen LogP contribution in [0, 0.1) is 12.8 Å². The summed E-state index contributed by atoms with van der Waals surface area (Å²) >= 11 is 1.54. The first kappa shape index (κ1) is 19.8. The van der Waals surface area contributed by atoms with Gasteiger partial charge in [-0.2, -0.15) is 4.31 Å². The number of methoxy groups -OCH3 is 1. The van der Waals surface area contributed by atoms with Gasteiger partial charge in [-0.3, -0.25) is 4.79 Å². The molecule has 152 valence electrons. The summed E-state index contributed by atoms with van der Waals surface area (Å²) in [5.41, 5.74) is 3.88. The van der Waals surface area contributed by atoms with E-state index in [2.05, 4.69) is 10.3 Å². The van der Waals surface area contributed by atoms with Crippen molar-refractivity contribution in [2.45, 2.75) is 18.2 Å².